The molecule has 2 saturated heterocycles. The average molecular weight is 914 g/mol. The number of hydrogen-bond acceptors (Lipinski definition) is 13. The van der Waals surface area contributed by atoms with Gasteiger partial charge in [0.05, 0.1) is 24.4 Å². The minimum atomic E-state index is -2.43. The van der Waals surface area contributed by atoms with Crippen molar-refractivity contribution in [3.8, 4) is 0 Å². The zero-order valence-corrected chi connectivity index (χ0v) is 40.6. The Balaban J connectivity index is 1.70. The molecule has 15 atom stereocenters. The Morgan fingerprint density at radius 3 is 2.25 bits per heavy atom. The van der Waals surface area contributed by atoms with E-state index in [4.69, 9.17) is 23.7 Å². The maximum atomic E-state index is 14.4. The Kier molecular flexibility index (Phi) is 21.0. The molecule has 1 aliphatic carbocycles. The molecular weight excluding hydrogens is 835 g/mol. The van der Waals surface area contributed by atoms with E-state index in [2.05, 4.69) is 0 Å². The second-order valence-corrected chi connectivity index (χ2v) is 19.6. The van der Waals surface area contributed by atoms with Crippen molar-refractivity contribution in [2.45, 2.75) is 180 Å². The number of Topliss-reactive ketones (excluding diaryl/α,β-unsaturated/α-hetero) is 3. The number of carbonyl (C=O) groups is 5. The Hall–Kier alpha value is -3.37. The van der Waals surface area contributed by atoms with Gasteiger partial charge in [-0.3, -0.25) is 19.2 Å². The molecule has 0 aromatic carbocycles. The van der Waals surface area contributed by atoms with Gasteiger partial charge in [0, 0.05) is 58.5 Å². The number of fused-ring (bicyclic) bond motifs is 3. The largest absolute Gasteiger partial charge is 0.460 e. The summed E-state index contributed by atoms with van der Waals surface area (Å²) in [6.45, 7) is 12.7. The Labute approximate surface area is 387 Å². The first kappa shape index (κ1) is 54.2. The van der Waals surface area contributed by atoms with Gasteiger partial charge >= 0.3 is 5.97 Å². The van der Waals surface area contributed by atoms with Crippen molar-refractivity contribution in [2.24, 2.45) is 35.5 Å². The topological polar surface area (TPSA) is 195 Å². The first-order valence-electron chi connectivity index (χ1n) is 23.9. The van der Waals surface area contributed by atoms with Gasteiger partial charge in [-0.25, -0.2) is 4.79 Å². The van der Waals surface area contributed by atoms with E-state index < -0.39 is 83.9 Å². The third-order valence-electron chi connectivity index (χ3n) is 14.5. The minimum absolute atomic E-state index is 0.0193. The molecule has 1 amide bonds. The van der Waals surface area contributed by atoms with Crippen molar-refractivity contribution in [3.05, 3.63) is 47.6 Å². The number of aliphatic hydroxyl groups excluding tert-OH is 2. The molecule has 0 unspecified atom stereocenters. The summed E-state index contributed by atoms with van der Waals surface area (Å²) < 4.78 is 29.4. The highest BCUT2D eigenvalue weighted by Gasteiger charge is 2.53. The monoisotopic (exact) mass is 914 g/mol. The lowest BCUT2D eigenvalue weighted by molar-refractivity contribution is -0.265. The van der Waals surface area contributed by atoms with E-state index in [9.17, 15) is 39.3 Å². The fourth-order valence-electron chi connectivity index (χ4n) is 10.1. The molecule has 366 valence electrons. The maximum Gasteiger partial charge on any atom is 0.329 e. The van der Waals surface area contributed by atoms with E-state index >= 15 is 0 Å². The zero-order chi connectivity index (χ0) is 48.2. The van der Waals surface area contributed by atoms with Gasteiger partial charge in [0.25, 0.3) is 11.7 Å². The van der Waals surface area contributed by atoms with Crippen molar-refractivity contribution in [3.63, 3.8) is 0 Å². The third kappa shape index (κ3) is 14.3. The van der Waals surface area contributed by atoms with Crippen molar-refractivity contribution in [2.75, 3.05) is 27.9 Å². The molecule has 3 fully saturated rings. The van der Waals surface area contributed by atoms with Crippen LogP contribution in [-0.4, -0.2) is 132 Å². The van der Waals surface area contributed by atoms with E-state index in [1.807, 2.05) is 58.1 Å². The number of nitrogens with zero attached hydrogens (tertiary/aromatic N) is 1. The van der Waals surface area contributed by atoms with Gasteiger partial charge in [0.1, 0.15) is 30.1 Å². The van der Waals surface area contributed by atoms with Gasteiger partial charge in [-0.15, -0.1) is 0 Å². The molecule has 65 heavy (non-hydrogen) atoms. The molecule has 2 bridgehead atoms. The number of cyclic esters (lactones) is 1. The van der Waals surface area contributed by atoms with Crippen LogP contribution in [-0.2, 0) is 47.7 Å². The first-order chi connectivity index (χ1) is 30.7. The van der Waals surface area contributed by atoms with Crippen molar-refractivity contribution in [1.82, 2.24) is 4.90 Å². The predicted molar refractivity (Wildman–Crippen MR) is 245 cm³/mol. The van der Waals surface area contributed by atoms with Crippen LogP contribution in [0.15, 0.2) is 47.6 Å². The number of ketones is 3. The fraction of sp³-hybridized carbons (Fsp3) is 0.745. The summed E-state index contributed by atoms with van der Waals surface area (Å²) in [5.41, 5.74) is 1.27. The highest BCUT2D eigenvalue weighted by molar-refractivity contribution is 6.39. The van der Waals surface area contributed by atoms with Crippen LogP contribution in [0.25, 0.3) is 0 Å². The van der Waals surface area contributed by atoms with Gasteiger partial charge in [-0.2, -0.15) is 0 Å². The molecule has 14 nitrogen and oxygen atoms in total. The number of methoxy groups -OCH3 is 3. The van der Waals surface area contributed by atoms with Crippen LogP contribution in [0, 0.1) is 35.5 Å². The van der Waals surface area contributed by atoms with Gasteiger partial charge in [0.2, 0.25) is 5.79 Å². The van der Waals surface area contributed by atoms with E-state index in [-0.39, 0.29) is 54.8 Å². The molecule has 0 aromatic rings. The van der Waals surface area contributed by atoms with E-state index in [0.29, 0.717) is 63.4 Å². The molecule has 1 saturated carbocycles. The first-order valence-corrected chi connectivity index (χ1v) is 23.9. The van der Waals surface area contributed by atoms with Crippen LogP contribution in [0.1, 0.15) is 126 Å². The molecule has 3 aliphatic heterocycles. The summed E-state index contributed by atoms with van der Waals surface area (Å²) in [6, 6.07) is -1.14. The lowest BCUT2D eigenvalue weighted by Crippen LogP contribution is -2.61. The number of hydrogen-bond donors (Lipinski definition) is 3. The Morgan fingerprint density at radius 2 is 1.57 bits per heavy atom. The number of allylic oxidation sites excluding steroid dienone is 6. The van der Waals surface area contributed by atoms with Gasteiger partial charge in [-0.1, -0.05) is 71.1 Å². The number of carbonyl (C=O) groups excluding carboxylic acids is 5. The number of aliphatic hydroxyl groups is 3. The lowest BCUT2D eigenvalue weighted by atomic mass is 9.78. The summed E-state index contributed by atoms with van der Waals surface area (Å²) in [5.74, 6) is -7.96. The summed E-state index contributed by atoms with van der Waals surface area (Å²) in [5, 5.41) is 33.8. The molecule has 3 heterocycles. The molecule has 0 aromatic heterocycles. The molecule has 4 aliphatic rings. The summed E-state index contributed by atoms with van der Waals surface area (Å²) in [4.78, 5) is 71.8. The highest BCUT2D eigenvalue weighted by atomic mass is 16.6. The SMILES string of the molecule is CO[C@H]1C[C@@H]2CC[C@@H](C)[C@@](O)(O2)C(=O)C(=O)N2CCCC[C@H]2C(=O)O[C@H]([C@H](C)C[C@H]2CC[C@@H](O)[C@H](OC)C2)CC(=O)[C@H](C)/C=C(/C)[C@@H](O)[C@H](OC)C(=O)[C@H](C)C[C@H](C)/C=C/C=C/C=C/1C. The smallest absolute Gasteiger partial charge is 0.329 e. The van der Waals surface area contributed by atoms with Gasteiger partial charge in [-0.05, 0) is 107 Å². The molecule has 0 radical (unpaired) electrons. The van der Waals surface area contributed by atoms with Crippen LogP contribution in [0.4, 0.5) is 0 Å². The number of amides is 1. The number of rotatable bonds is 6. The van der Waals surface area contributed by atoms with E-state index in [1.165, 1.54) is 12.0 Å². The molecule has 14 heteroatoms. The van der Waals surface area contributed by atoms with E-state index in [0.717, 1.165) is 12.0 Å². The highest BCUT2D eigenvalue weighted by Crippen LogP contribution is 2.38. The molecule has 0 spiro atoms. The summed E-state index contributed by atoms with van der Waals surface area (Å²) in [6.07, 6.45) is 11.2. The minimum Gasteiger partial charge on any atom is -0.460 e. The van der Waals surface area contributed by atoms with Crippen molar-refractivity contribution in [1.29, 1.82) is 0 Å². The van der Waals surface area contributed by atoms with Gasteiger partial charge in [0.15, 0.2) is 5.78 Å². The second kappa shape index (κ2) is 25.1. The van der Waals surface area contributed by atoms with Crippen molar-refractivity contribution >= 4 is 29.2 Å². The molecular formula is C51H79NO13. The summed E-state index contributed by atoms with van der Waals surface area (Å²) >= 11 is 0. The summed E-state index contributed by atoms with van der Waals surface area (Å²) in [7, 11) is 4.52. The average Bonchev–Trinajstić information content (AvgIpc) is 3.28. The van der Waals surface area contributed by atoms with E-state index in [1.54, 1.807) is 41.1 Å². The maximum absolute atomic E-state index is 14.4. The third-order valence-corrected chi connectivity index (χ3v) is 14.5. The number of ether oxygens (including phenoxy) is 5. The van der Waals surface area contributed by atoms with Gasteiger partial charge < -0.3 is 43.9 Å². The van der Waals surface area contributed by atoms with Crippen LogP contribution >= 0.6 is 0 Å². The normalized spacial score (nSPS) is 40.4. The fourth-order valence-corrected chi connectivity index (χ4v) is 10.1. The lowest BCUT2D eigenvalue weighted by Gasteiger charge is -2.42. The van der Waals surface area contributed by atoms with Crippen molar-refractivity contribution < 1.29 is 63.0 Å². The van der Waals surface area contributed by atoms with Crippen LogP contribution in [0.5, 0.6) is 0 Å². The molecule has 4 rings (SSSR count). The predicted octanol–water partition coefficient (Wildman–Crippen LogP) is 6.18. The zero-order valence-electron chi connectivity index (χ0n) is 40.6. The molecule has 3 N–H and O–H groups in total. The van der Waals surface area contributed by atoms with Crippen LogP contribution in [0.2, 0.25) is 0 Å². The van der Waals surface area contributed by atoms with Crippen LogP contribution in [0.3, 0.4) is 0 Å². The van der Waals surface area contributed by atoms with Crippen LogP contribution < -0.4 is 0 Å². The Morgan fingerprint density at radius 1 is 0.846 bits per heavy atom. The second-order valence-electron chi connectivity index (χ2n) is 19.6. The quantitative estimate of drug-likeness (QED) is 0.156. The number of esters is 1. The standard InChI is InChI=1S/C51H79NO13/c1-30-16-12-11-13-17-31(2)42(61-8)28-38-21-19-36(7)51(60,65-38)48(57)49(58)52-23-15-14-18-39(52)50(59)64-43(33(4)26-37-20-22-40(53)44(27-37)62-9)29-41(54)32(3)25-35(6)46(56)47(63-10)45(55)34(5)24-30/h11-13,16-17,25,30,32-34,36-40,42-44,46-47,53,56,60H,14-15,18-24,26-29H2,1-10H3/b13-11+,16-12+,31-17+,35-25-/t30-,32-,33-,34-,36-,37-,38+,39+,40-,42+,43+,44-,46-,47-,51-/m1/s1. The Bertz CT molecular complexity index is 1760. The number of piperidine rings is 1.